The van der Waals surface area contributed by atoms with Crippen molar-refractivity contribution in [3.63, 3.8) is 0 Å². The number of hydrogen-bond donors (Lipinski definition) is 1. The van der Waals surface area contributed by atoms with Crippen molar-refractivity contribution in [3.05, 3.63) is 63.8 Å². The van der Waals surface area contributed by atoms with E-state index in [-0.39, 0.29) is 11.3 Å². The number of halogens is 3. The number of alkyl halides is 3. The first-order chi connectivity index (χ1) is 12.7. The van der Waals surface area contributed by atoms with Gasteiger partial charge in [-0.3, -0.25) is 4.79 Å². The Hall–Kier alpha value is -3.63. The number of fused-ring (bicyclic) bond motifs is 1. The average Bonchev–Trinajstić information content (AvgIpc) is 2.61. The predicted octanol–water partition coefficient (Wildman–Crippen LogP) is 1.21. The molecule has 3 aromatic rings. The third-order valence-corrected chi connectivity index (χ3v) is 3.50. The Morgan fingerprint density at radius 2 is 1.93 bits per heavy atom. The summed E-state index contributed by atoms with van der Waals surface area (Å²) in [7, 11) is 0. The molecule has 11 heteroatoms. The number of carbonyl (C=O) groups is 1. The Balaban J connectivity index is 2.23. The molecular formula is C16H9F3N3O5-. The Bertz CT molecular complexity index is 1080. The Morgan fingerprint density at radius 1 is 1.26 bits per heavy atom. The van der Waals surface area contributed by atoms with E-state index in [4.69, 9.17) is 9.94 Å². The quantitative estimate of drug-likeness (QED) is 0.723. The SMILES string of the molecule is O=C(O)c1c([O-])c2cnc(C(F)(F)F)nc2n(OCc2ccccc2)c1=O. The van der Waals surface area contributed by atoms with Crippen LogP contribution in [0.3, 0.4) is 0 Å². The standard InChI is InChI=1S/C16H10F3N3O5/c17-16(18,19)15-20-6-9-11(23)10(14(25)26)13(24)22(12(9)21-15)27-7-8-4-2-1-3-5-8/h1-6,23H,7H2,(H,25,26)/p-1. The molecule has 8 nitrogen and oxygen atoms in total. The number of rotatable bonds is 4. The normalized spacial score (nSPS) is 11.5. The van der Waals surface area contributed by atoms with Crippen molar-refractivity contribution in [2.24, 2.45) is 0 Å². The molecule has 0 atom stereocenters. The number of nitrogens with zero attached hydrogens (tertiary/aromatic N) is 3. The molecule has 0 fully saturated rings. The number of benzene rings is 1. The van der Waals surface area contributed by atoms with Crippen LogP contribution in [0.1, 0.15) is 21.7 Å². The average molecular weight is 380 g/mol. The van der Waals surface area contributed by atoms with E-state index < -0.39 is 45.9 Å². The smallest absolute Gasteiger partial charge is 0.451 e. The number of carboxylic acids is 1. The summed E-state index contributed by atoms with van der Waals surface area (Å²) in [6.45, 7) is -0.279. The molecule has 0 bridgehead atoms. The minimum Gasteiger partial charge on any atom is -0.871 e. The van der Waals surface area contributed by atoms with Gasteiger partial charge in [0, 0.05) is 11.6 Å². The highest BCUT2D eigenvalue weighted by Gasteiger charge is 2.35. The van der Waals surface area contributed by atoms with Crippen molar-refractivity contribution in [1.82, 2.24) is 14.7 Å². The highest BCUT2D eigenvalue weighted by molar-refractivity contribution is 5.97. The Morgan fingerprint density at radius 3 is 2.52 bits per heavy atom. The summed E-state index contributed by atoms with van der Waals surface area (Å²) in [5.74, 6) is -4.74. The van der Waals surface area contributed by atoms with Crippen LogP contribution in [0.2, 0.25) is 0 Å². The maximum atomic E-state index is 12.9. The van der Waals surface area contributed by atoms with Crippen LogP contribution in [0.15, 0.2) is 41.3 Å². The molecule has 0 unspecified atom stereocenters. The highest BCUT2D eigenvalue weighted by atomic mass is 19.4. The first kappa shape index (κ1) is 18.2. The summed E-state index contributed by atoms with van der Waals surface area (Å²) in [5.41, 5.74) is -2.83. The van der Waals surface area contributed by atoms with E-state index in [0.29, 0.717) is 11.8 Å². The summed E-state index contributed by atoms with van der Waals surface area (Å²) in [6, 6.07) is 8.26. The van der Waals surface area contributed by atoms with Gasteiger partial charge in [-0.25, -0.2) is 14.8 Å². The van der Waals surface area contributed by atoms with Crippen LogP contribution in [0, 0.1) is 0 Å². The molecule has 27 heavy (non-hydrogen) atoms. The maximum Gasteiger partial charge on any atom is 0.451 e. The van der Waals surface area contributed by atoms with E-state index in [0.717, 1.165) is 0 Å². The number of aromatic nitrogens is 3. The summed E-state index contributed by atoms with van der Waals surface area (Å²) in [5, 5.41) is 20.7. The molecule has 0 aliphatic carbocycles. The maximum absolute atomic E-state index is 12.9. The van der Waals surface area contributed by atoms with Gasteiger partial charge in [0.05, 0.1) is 0 Å². The lowest BCUT2D eigenvalue weighted by Crippen LogP contribution is -2.33. The van der Waals surface area contributed by atoms with Gasteiger partial charge < -0.3 is 15.1 Å². The van der Waals surface area contributed by atoms with E-state index >= 15 is 0 Å². The van der Waals surface area contributed by atoms with Crippen LogP contribution >= 0.6 is 0 Å². The molecule has 2 aromatic heterocycles. The van der Waals surface area contributed by atoms with Crippen molar-refractivity contribution < 1.29 is 33.0 Å². The van der Waals surface area contributed by atoms with Gasteiger partial charge >= 0.3 is 12.1 Å². The van der Waals surface area contributed by atoms with Crippen LogP contribution in [0.25, 0.3) is 11.0 Å². The van der Waals surface area contributed by atoms with Crippen molar-refractivity contribution in [2.75, 3.05) is 0 Å². The van der Waals surface area contributed by atoms with Gasteiger partial charge in [0.25, 0.3) is 5.56 Å². The summed E-state index contributed by atoms with van der Waals surface area (Å²) < 4.78 is 38.9. The first-order valence-electron chi connectivity index (χ1n) is 7.30. The van der Waals surface area contributed by atoms with Gasteiger partial charge in [-0.1, -0.05) is 36.1 Å². The van der Waals surface area contributed by atoms with Crippen molar-refractivity contribution in [3.8, 4) is 5.75 Å². The van der Waals surface area contributed by atoms with Crippen LogP contribution in [-0.2, 0) is 12.8 Å². The third-order valence-electron chi connectivity index (χ3n) is 3.50. The Kier molecular flexibility index (Phi) is 4.44. The van der Waals surface area contributed by atoms with Gasteiger partial charge in [-0.2, -0.15) is 13.2 Å². The first-order valence-corrected chi connectivity index (χ1v) is 7.30. The zero-order valence-electron chi connectivity index (χ0n) is 13.2. The van der Waals surface area contributed by atoms with Gasteiger partial charge in [-0.15, -0.1) is 4.73 Å². The molecule has 0 saturated heterocycles. The largest absolute Gasteiger partial charge is 0.871 e. The molecule has 0 spiro atoms. The Labute approximate surface area is 148 Å². The van der Waals surface area contributed by atoms with Crippen molar-refractivity contribution >= 4 is 17.0 Å². The van der Waals surface area contributed by atoms with Crippen LogP contribution in [0.5, 0.6) is 5.75 Å². The molecule has 0 radical (unpaired) electrons. The van der Waals surface area contributed by atoms with Crippen LogP contribution in [-0.4, -0.2) is 25.8 Å². The second-order valence-corrected chi connectivity index (χ2v) is 5.30. The molecule has 1 aromatic carbocycles. The zero-order valence-corrected chi connectivity index (χ0v) is 13.2. The van der Waals surface area contributed by atoms with Crippen molar-refractivity contribution in [1.29, 1.82) is 0 Å². The lowest BCUT2D eigenvalue weighted by Gasteiger charge is -2.18. The van der Waals surface area contributed by atoms with E-state index in [2.05, 4.69) is 9.97 Å². The van der Waals surface area contributed by atoms with E-state index in [1.165, 1.54) is 0 Å². The number of carboxylic acid groups (broad SMARTS) is 1. The summed E-state index contributed by atoms with van der Waals surface area (Å²) >= 11 is 0. The molecule has 2 heterocycles. The lowest BCUT2D eigenvalue weighted by molar-refractivity contribution is -0.266. The summed E-state index contributed by atoms with van der Waals surface area (Å²) in [4.78, 5) is 35.0. The molecule has 0 aliphatic heterocycles. The predicted molar refractivity (Wildman–Crippen MR) is 81.9 cm³/mol. The number of pyridine rings is 1. The fourth-order valence-corrected chi connectivity index (χ4v) is 2.28. The van der Waals surface area contributed by atoms with Gasteiger partial charge in [-0.05, 0) is 5.56 Å². The fourth-order valence-electron chi connectivity index (χ4n) is 2.28. The zero-order chi connectivity index (χ0) is 19.8. The molecule has 0 amide bonds. The lowest BCUT2D eigenvalue weighted by atomic mass is 10.2. The monoisotopic (exact) mass is 380 g/mol. The molecule has 0 aliphatic rings. The topological polar surface area (TPSA) is 117 Å². The minimum absolute atomic E-state index is 0.268. The molecule has 0 saturated carbocycles. The van der Waals surface area contributed by atoms with E-state index in [1.54, 1.807) is 30.3 Å². The minimum atomic E-state index is -4.94. The van der Waals surface area contributed by atoms with Crippen LogP contribution in [0.4, 0.5) is 13.2 Å². The van der Waals surface area contributed by atoms with Crippen molar-refractivity contribution in [2.45, 2.75) is 12.8 Å². The van der Waals surface area contributed by atoms with E-state index in [1.807, 2.05) is 0 Å². The summed E-state index contributed by atoms with van der Waals surface area (Å²) in [6.07, 6.45) is -4.43. The number of hydrogen-bond acceptors (Lipinski definition) is 6. The van der Waals surface area contributed by atoms with Gasteiger partial charge in [0.1, 0.15) is 12.2 Å². The van der Waals surface area contributed by atoms with Gasteiger partial charge in [0.2, 0.25) is 5.82 Å². The van der Waals surface area contributed by atoms with Crippen LogP contribution < -0.4 is 15.5 Å². The molecule has 3 rings (SSSR count). The molecule has 140 valence electrons. The second-order valence-electron chi connectivity index (χ2n) is 5.30. The van der Waals surface area contributed by atoms with Gasteiger partial charge in [0.15, 0.2) is 5.65 Å². The highest BCUT2D eigenvalue weighted by Crippen LogP contribution is 2.29. The second kappa shape index (κ2) is 6.59. The fraction of sp³-hybridized carbons (Fsp3) is 0.125. The third kappa shape index (κ3) is 3.38. The number of aromatic carboxylic acids is 1. The van der Waals surface area contributed by atoms with E-state index in [9.17, 15) is 27.9 Å². The molecular weight excluding hydrogens is 371 g/mol. The molecule has 1 N–H and O–H groups in total.